The molecule has 2 bridgehead atoms. The number of amides is 1. The molecule has 3 aliphatic rings. The van der Waals surface area contributed by atoms with Crippen LogP contribution >= 0.6 is 35.7 Å². The van der Waals surface area contributed by atoms with Crippen molar-refractivity contribution in [1.82, 2.24) is 0 Å². The van der Waals surface area contributed by atoms with Gasteiger partial charge in [-0.15, -0.1) is 11.8 Å². The fraction of sp³-hybridized carbons (Fsp3) is 0.300. The van der Waals surface area contributed by atoms with Gasteiger partial charge in [-0.3, -0.25) is 0 Å². The van der Waals surface area contributed by atoms with Gasteiger partial charge >= 0.3 is 5.91 Å². The summed E-state index contributed by atoms with van der Waals surface area (Å²) < 4.78 is 1.10. The summed E-state index contributed by atoms with van der Waals surface area (Å²) in [5.74, 6) is 0.506. The van der Waals surface area contributed by atoms with Crippen LogP contribution in [0.15, 0.2) is 47.4 Å². The molecule has 5 rings (SSSR count). The van der Waals surface area contributed by atoms with Gasteiger partial charge in [-0.1, -0.05) is 25.1 Å². The Hall–Kier alpha value is -1.34. The van der Waals surface area contributed by atoms with E-state index in [2.05, 4.69) is 13.0 Å². The predicted octanol–water partition coefficient (Wildman–Crippen LogP) is 4.99. The number of benzene rings is 2. The van der Waals surface area contributed by atoms with E-state index >= 15 is 0 Å². The van der Waals surface area contributed by atoms with E-state index in [0.29, 0.717) is 4.48 Å². The highest BCUT2D eigenvalue weighted by Crippen LogP contribution is 2.59. The van der Waals surface area contributed by atoms with Crippen molar-refractivity contribution in [2.75, 3.05) is 12.8 Å². The molecule has 0 spiro atoms. The lowest BCUT2D eigenvalue weighted by atomic mass is 9.88. The molecule has 134 valence electrons. The van der Waals surface area contributed by atoms with E-state index in [-0.39, 0.29) is 22.9 Å². The third-order valence-corrected chi connectivity index (χ3v) is 7.94. The summed E-state index contributed by atoms with van der Waals surface area (Å²) in [6.45, 7) is 2.84. The maximum Gasteiger partial charge on any atom is 0.340 e. The minimum Gasteiger partial charge on any atom is -0.507 e. The van der Waals surface area contributed by atoms with Crippen LogP contribution in [0, 0.1) is 0 Å². The first-order chi connectivity index (χ1) is 12.5. The molecule has 0 aliphatic carbocycles. The molecule has 1 N–H and O–H groups in total. The van der Waals surface area contributed by atoms with Gasteiger partial charge in [-0.2, -0.15) is 0 Å². The lowest BCUT2D eigenvalue weighted by Gasteiger charge is -2.44. The Bertz CT molecular complexity index is 904. The summed E-state index contributed by atoms with van der Waals surface area (Å²) >= 11 is 8.77. The lowest BCUT2D eigenvalue weighted by Crippen LogP contribution is -2.66. The molecule has 3 aliphatic heterocycles. The van der Waals surface area contributed by atoms with E-state index in [1.807, 2.05) is 36.6 Å². The highest BCUT2D eigenvalue weighted by molar-refractivity contribution is 8.24. The van der Waals surface area contributed by atoms with Crippen LogP contribution in [0.1, 0.15) is 24.9 Å². The SMILES string of the molecule is CCC[N+]12C(=O)C(SC1=S)C2c1ccc(O)c(-c2ccccc2SC)c1. The first-order valence-corrected chi connectivity index (χ1v) is 11.2. The molecule has 6 heteroatoms. The Morgan fingerprint density at radius 2 is 2.00 bits per heavy atom. The summed E-state index contributed by atoms with van der Waals surface area (Å²) in [4.78, 5) is 13.8. The molecule has 3 heterocycles. The summed E-state index contributed by atoms with van der Waals surface area (Å²) in [5.41, 5.74) is 2.92. The quantitative estimate of drug-likeness (QED) is 0.330. The molecule has 3 nitrogen and oxygen atoms in total. The maximum absolute atomic E-state index is 12.7. The van der Waals surface area contributed by atoms with Crippen LogP contribution in [0.3, 0.4) is 0 Å². The van der Waals surface area contributed by atoms with Crippen molar-refractivity contribution < 1.29 is 14.4 Å². The highest BCUT2D eigenvalue weighted by atomic mass is 32.2. The van der Waals surface area contributed by atoms with Gasteiger partial charge in [-0.25, -0.2) is 9.28 Å². The van der Waals surface area contributed by atoms with Crippen LogP contribution in [0.25, 0.3) is 11.1 Å². The molecule has 0 saturated carbocycles. The molecule has 0 aromatic heterocycles. The van der Waals surface area contributed by atoms with Crippen LogP contribution in [0.2, 0.25) is 0 Å². The molecule has 1 amide bonds. The number of thioether (sulfide) groups is 2. The number of carbonyl (C=O) groups excluding carboxylic acids is 1. The molecule has 3 fully saturated rings. The normalized spacial score (nSPS) is 26.8. The molecule has 3 saturated heterocycles. The summed E-state index contributed by atoms with van der Waals surface area (Å²) in [7, 11) is 0. The van der Waals surface area contributed by atoms with Crippen molar-refractivity contribution in [2.24, 2.45) is 0 Å². The minimum absolute atomic E-state index is 0.0701. The number of rotatable bonds is 5. The van der Waals surface area contributed by atoms with E-state index in [4.69, 9.17) is 12.2 Å². The fourth-order valence-electron chi connectivity index (χ4n) is 4.11. The van der Waals surface area contributed by atoms with E-state index in [9.17, 15) is 9.90 Å². The predicted molar refractivity (Wildman–Crippen MR) is 112 cm³/mol. The Morgan fingerprint density at radius 1 is 1.23 bits per heavy atom. The number of carbonyl (C=O) groups is 1. The lowest BCUT2D eigenvalue weighted by molar-refractivity contribution is -0.816. The van der Waals surface area contributed by atoms with Gasteiger partial charge in [0.1, 0.15) is 5.75 Å². The third kappa shape index (κ3) is 2.39. The topological polar surface area (TPSA) is 37.3 Å². The maximum atomic E-state index is 12.7. The van der Waals surface area contributed by atoms with Gasteiger partial charge < -0.3 is 5.11 Å². The van der Waals surface area contributed by atoms with Gasteiger partial charge in [-0.05, 0) is 66.5 Å². The van der Waals surface area contributed by atoms with E-state index < -0.39 is 0 Å². The zero-order valence-electron chi connectivity index (χ0n) is 14.6. The van der Waals surface area contributed by atoms with Crippen LogP contribution in [0.4, 0.5) is 0 Å². The van der Waals surface area contributed by atoms with E-state index in [1.165, 1.54) is 0 Å². The number of thiocarbonyl (C=S) groups is 1. The molecule has 3 atom stereocenters. The van der Waals surface area contributed by atoms with Crippen LogP contribution in [-0.2, 0) is 4.79 Å². The first-order valence-electron chi connectivity index (χ1n) is 8.64. The van der Waals surface area contributed by atoms with Crippen molar-refractivity contribution >= 4 is 46.0 Å². The van der Waals surface area contributed by atoms with Gasteiger partial charge in [0.15, 0.2) is 11.3 Å². The number of hydrogen-bond acceptors (Lipinski definition) is 5. The number of quaternary nitrogens is 1. The fourth-order valence-corrected chi connectivity index (χ4v) is 6.81. The zero-order chi connectivity index (χ0) is 18.5. The zero-order valence-corrected chi connectivity index (χ0v) is 17.1. The Labute approximate surface area is 167 Å². The highest BCUT2D eigenvalue weighted by Gasteiger charge is 2.73. The number of β-lactam (4-membered cyclic amide) rings is 1. The summed E-state index contributed by atoms with van der Waals surface area (Å²) in [5, 5.41) is 10.4. The number of phenols is 1. The van der Waals surface area contributed by atoms with Crippen molar-refractivity contribution in [3.8, 4) is 16.9 Å². The first kappa shape index (κ1) is 18.0. The minimum atomic E-state index is -0.0813. The number of hydrogen-bond donors (Lipinski definition) is 1. The van der Waals surface area contributed by atoms with E-state index in [0.717, 1.165) is 38.9 Å². The van der Waals surface area contributed by atoms with Crippen LogP contribution in [-0.4, -0.2) is 37.9 Å². The van der Waals surface area contributed by atoms with Crippen LogP contribution in [0.5, 0.6) is 5.75 Å². The van der Waals surface area contributed by atoms with Crippen LogP contribution < -0.4 is 0 Å². The van der Waals surface area contributed by atoms with Gasteiger partial charge in [0, 0.05) is 16.0 Å². The standard InChI is InChI=1S/C20H19NO2S3/c1-3-10-21-17(18(19(21)23)26-20(21)24)12-8-9-15(22)14(11-12)13-6-4-5-7-16(13)25-2/h4-9,11,17-18H,3,10H2,1-2H3/p+1. The number of nitrogens with zero attached hydrogens (tertiary/aromatic N) is 1. The third-order valence-electron chi connectivity index (χ3n) is 5.29. The van der Waals surface area contributed by atoms with Crippen molar-refractivity contribution in [3.63, 3.8) is 0 Å². The Kier molecular flexibility index (Phi) is 4.63. The second kappa shape index (κ2) is 6.68. The Morgan fingerprint density at radius 3 is 2.69 bits per heavy atom. The van der Waals surface area contributed by atoms with Crippen molar-refractivity contribution in [3.05, 3.63) is 48.0 Å². The molecule has 0 radical (unpaired) electrons. The average Bonchev–Trinajstić information content (AvgIpc) is 3.09. The second-order valence-electron chi connectivity index (χ2n) is 6.66. The molecule has 2 aromatic rings. The molecular formula is C20H20NO2S3+. The Balaban J connectivity index is 1.81. The number of phenolic OH excluding ortho intramolecular Hbond substituents is 1. The second-order valence-corrected chi connectivity index (χ2v) is 9.28. The van der Waals surface area contributed by atoms with Crippen molar-refractivity contribution in [2.45, 2.75) is 29.5 Å². The van der Waals surface area contributed by atoms with Gasteiger partial charge in [0.05, 0.1) is 6.54 Å². The monoisotopic (exact) mass is 402 g/mol. The number of fused-ring (bicyclic) bond motifs is 1. The number of aromatic hydroxyl groups is 1. The summed E-state index contributed by atoms with van der Waals surface area (Å²) in [6.07, 6.45) is 2.95. The smallest absolute Gasteiger partial charge is 0.340 e. The molecular weight excluding hydrogens is 382 g/mol. The largest absolute Gasteiger partial charge is 0.507 e. The summed E-state index contributed by atoms with van der Waals surface area (Å²) in [6, 6.07) is 13.9. The average molecular weight is 403 g/mol. The van der Waals surface area contributed by atoms with Crippen molar-refractivity contribution in [1.29, 1.82) is 0 Å². The molecule has 3 unspecified atom stereocenters. The van der Waals surface area contributed by atoms with E-state index in [1.54, 1.807) is 29.6 Å². The van der Waals surface area contributed by atoms with Gasteiger partial charge in [0.25, 0.3) is 0 Å². The molecule has 2 aromatic carbocycles. The van der Waals surface area contributed by atoms with Gasteiger partial charge in [0.2, 0.25) is 4.32 Å². The molecule has 26 heavy (non-hydrogen) atoms.